The number of nitrogens with zero attached hydrogens (tertiary/aromatic N) is 3. The lowest BCUT2D eigenvalue weighted by atomic mass is 9.93. The van der Waals surface area contributed by atoms with Gasteiger partial charge in [0, 0.05) is 56.6 Å². The number of hydrogen-bond acceptors (Lipinski definition) is 4. The van der Waals surface area contributed by atoms with E-state index in [1.165, 1.54) is 25.7 Å². The monoisotopic (exact) mass is 440 g/mol. The molecule has 0 atom stereocenters. The van der Waals surface area contributed by atoms with Crippen molar-refractivity contribution in [3.8, 4) is 0 Å². The van der Waals surface area contributed by atoms with Gasteiger partial charge in [0.25, 0.3) is 11.8 Å². The number of halogens is 2. The van der Waals surface area contributed by atoms with E-state index in [2.05, 4.69) is 15.2 Å². The largest absolute Gasteiger partial charge is 0.371 e. The zero-order chi connectivity index (χ0) is 22.3. The number of aromatic nitrogens is 1. The van der Waals surface area contributed by atoms with Gasteiger partial charge < -0.3 is 15.1 Å². The van der Waals surface area contributed by atoms with E-state index in [1.54, 1.807) is 18.5 Å². The Morgan fingerprint density at radius 3 is 2.34 bits per heavy atom. The van der Waals surface area contributed by atoms with Crippen LogP contribution in [0.15, 0.2) is 36.7 Å². The summed E-state index contributed by atoms with van der Waals surface area (Å²) < 4.78 is 27.1. The SMILES string of the molecule is Cc1cc(NC(=O)c2ccncc2N2CCC3(CC2)CC3)cc(N2CCC(F)(F)CC2)c1. The lowest BCUT2D eigenvalue weighted by molar-refractivity contribution is -0.0220. The molecule has 2 aliphatic heterocycles. The second-order valence-corrected chi connectivity index (χ2v) is 9.73. The summed E-state index contributed by atoms with van der Waals surface area (Å²) in [4.78, 5) is 21.7. The first-order valence-electron chi connectivity index (χ1n) is 11.6. The van der Waals surface area contributed by atoms with Gasteiger partial charge in [0.2, 0.25) is 0 Å². The van der Waals surface area contributed by atoms with Crippen molar-refractivity contribution in [2.24, 2.45) is 5.41 Å². The first-order valence-corrected chi connectivity index (χ1v) is 11.6. The van der Waals surface area contributed by atoms with Gasteiger partial charge in [-0.05, 0) is 67.9 Å². The van der Waals surface area contributed by atoms with Crippen LogP contribution in [0.3, 0.4) is 0 Å². The zero-order valence-electron chi connectivity index (χ0n) is 18.5. The number of nitrogens with one attached hydrogen (secondary N) is 1. The van der Waals surface area contributed by atoms with Crippen molar-refractivity contribution in [3.63, 3.8) is 0 Å². The molecule has 3 heterocycles. The van der Waals surface area contributed by atoms with Gasteiger partial charge in [-0.1, -0.05) is 0 Å². The van der Waals surface area contributed by atoms with Gasteiger partial charge in [-0.3, -0.25) is 9.78 Å². The Morgan fingerprint density at radius 1 is 0.969 bits per heavy atom. The molecule has 7 heteroatoms. The van der Waals surface area contributed by atoms with Crippen LogP contribution in [0.1, 0.15) is 54.4 Å². The molecule has 170 valence electrons. The van der Waals surface area contributed by atoms with Crippen LogP contribution in [-0.4, -0.2) is 43.0 Å². The molecule has 1 aliphatic carbocycles. The maximum Gasteiger partial charge on any atom is 0.257 e. The summed E-state index contributed by atoms with van der Waals surface area (Å²) in [5.74, 6) is -2.75. The highest BCUT2D eigenvalue weighted by atomic mass is 19.3. The highest BCUT2D eigenvalue weighted by Crippen LogP contribution is 2.54. The Bertz CT molecular complexity index is 1000. The third kappa shape index (κ3) is 4.43. The number of alkyl halides is 2. The molecule has 5 nitrogen and oxygen atoms in total. The molecule has 32 heavy (non-hydrogen) atoms. The van der Waals surface area contributed by atoms with Crippen molar-refractivity contribution in [2.75, 3.05) is 41.3 Å². The maximum absolute atomic E-state index is 13.6. The molecular weight excluding hydrogens is 410 g/mol. The van der Waals surface area contributed by atoms with Crippen molar-refractivity contribution >= 4 is 23.0 Å². The van der Waals surface area contributed by atoms with Gasteiger partial charge in [0.15, 0.2) is 0 Å². The molecule has 1 aromatic carbocycles. The molecule has 2 saturated heterocycles. The van der Waals surface area contributed by atoms with E-state index in [-0.39, 0.29) is 18.7 Å². The Balaban J connectivity index is 1.32. The number of piperidine rings is 2. The second kappa shape index (κ2) is 8.01. The van der Waals surface area contributed by atoms with Crippen LogP contribution < -0.4 is 15.1 Å². The number of anilines is 3. The molecule has 1 aromatic heterocycles. The molecule has 1 saturated carbocycles. The molecule has 0 radical (unpaired) electrons. The predicted molar refractivity (Wildman–Crippen MR) is 123 cm³/mol. The van der Waals surface area contributed by atoms with Crippen LogP contribution in [0.25, 0.3) is 0 Å². The highest BCUT2D eigenvalue weighted by Gasteiger charge is 2.44. The molecule has 5 rings (SSSR count). The Hall–Kier alpha value is -2.70. The standard InChI is InChI=1S/C25H30F2N4O/c1-18-14-19(16-20(15-18)30-12-7-25(26,27)8-13-30)29-23(32)21-2-9-28-17-22(21)31-10-5-24(3-4-24)6-11-31/h2,9,14-17H,3-8,10-13H2,1H3,(H,29,32). The van der Waals surface area contributed by atoms with Crippen LogP contribution in [0.4, 0.5) is 25.8 Å². The van der Waals surface area contributed by atoms with Crippen molar-refractivity contribution in [1.29, 1.82) is 0 Å². The van der Waals surface area contributed by atoms with E-state index in [4.69, 9.17) is 0 Å². The lowest BCUT2D eigenvalue weighted by Gasteiger charge is -2.34. The van der Waals surface area contributed by atoms with E-state index in [9.17, 15) is 13.6 Å². The van der Waals surface area contributed by atoms with Gasteiger partial charge in [0.05, 0.1) is 17.4 Å². The second-order valence-electron chi connectivity index (χ2n) is 9.73. The Morgan fingerprint density at radius 2 is 1.66 bits per heavy atom. The molecule has 0 bridgehead atoms. The number of aryl methyl sites for hydroxylation is 1. The van der Waals surface area contributed by atoms with E-state index in [0.717, 1.165) is 30.0 Å². The summed E-state index contributed by atoms with van der Waals surface area (Å²) >= 11 is 0. The van der Waals surface area contributed by atoms with Crippen molar-refractivity contribution in [2.45, 2.75) is 51.4 Å². The minimum absolute atomic E-state index is 0.139. The summed E-state index contributed by atoms with van der Waals surface area (Å²) in [6.07, 6.45) is 8.20. The lowest BCUT2D eigenvalue weighted by Crippen LogP contribution is -2.39. The number of amides is 1. The first kappa shape index (κ1) is 21.2. The van der Waals surface area contributed by atoms with E-state index < -0.39 is 5.92 Å². The van der Waals surface area contributed by atoms with Gasteiger partial charge in [-0.15, -0.1) is 0 Å². The van der Waals surface area contributed by atoms with Gasteiger partial charge >= 0.3 is 0 Å². The summed E-state index contributed by atoms with van der Waals surface area (Å²) in [6.45, 7) is 4.50. The molecule has 1 N–H and O–H groups in total. The van der Waals surface area contributed by atoms with E-state index in [1.807, 2.05) is 30.0 Å². The van der Waals surface area contributed by atoms with Gasteiger partial charge in [0.1, 0.15) is 0 Å². The molecular formula is C25H30F2N4O. The number of hydrogen-bond donors (Lipinski definition) is 1. The number of carbonyl (C=O) groups excluding carboxylic acids is 1. The van der Waals surface area contributed by atoms with E-state index in [0.29, 0.717) is 29.8 Å². The minimum Gasteiger partial charge on any atom is -0.371 e. The maximum atomic E-state index is 13.6. The van der Waals surface area contributed by atoms with Crippen LogP contribution in [0.5, 0.6) is 0 Å². The zero-order valence-corrected chi connectivity index (χ0v) is 18.5. The molecule has 1 amide bonds. The topological polar surface area (TPSA) is 48.5 Å². The van der Waals surface area contributed by atoms with Gasteiger partial charge in [-0.25, -0.2) is 8.78 Å². The summed E-state index contributed by atoms with van der Waals surface area (Å²) in [6, 6.07) is 7.56. The predicted octanol–water partition coefficient (Wildman–Crippen LogP) is 5.26. The van der Waals surface area contributed by atoms with Crippen molar-refractivity contribution in [3.05, 3.63) is 47.8 Å². The van der Waals surface area contributed by atoms with Crippen molar-refractivity contribution < 1.29 is 13.6 Å². The third-order valence-corrected chi connectivity index (χ3v) is 7.35. The van der Waals surface area contributed by atoms with Gasteiger partial charge in [-0.2, -0.15) is 0 Å². The first-order chi connectivity index (χ1) is 15.3. The summed E-state index contributed by atoms with van der Waals surface area (Å²) in [7, 11) is 0. The minimum atomic E-state index is -2.58. The fraction of sp³-hybridized carbons (Fsp3) is 0.520. The average Bonchev–Trinajstić information content (AvgIpc) is 3.52. The average molecular weight is 441 g/mol. The number of pyridine rings is 1. The fourth-order valence-corrected chi connectivity index (χ4v) is 5.04. The van der Waals surface area contributed by atoms with Crippen LogP contribution in [0, 0.1) is 12.3 Å². The normalized spacial score (nSPS) is 21.5. The molecule has 2 aromatic rings. The van der Waals surface area contributed by atoms with Crippen LogP contribution >= 0.6 is 0 Å². The Kier molecular flexibility index (Phi) is 5.30. The molecule has 3 aliphatic rings. The highest BCUT2D eigenvalue weighted by molar-refractivity contribution is 6.08. The molecule has 0 unspecified atom stereocenters. The summed E-state index contributed by atoms with van der Waals surface area (Å²) in [5, 5.41) is 3.03. The van der Waals surface area contributed by atoms with Crippen LogP contribution in [0.2, 0.25) is 0 Å². The molecule has 3 fully saturated rings. The molecule has 1 spiro atoms. The quantitative estimate of drug-likeness (QED) is 0.705. The number of benzene rings is 1. The Labute approximate surface area is 187 Å². The summed E-state index contributed by atoms with van der Waals surface area (Å²) in [5.41, 5.74) is 4.60. The third-order valence-electron chi connectivity index (χ3n) is 7.35. The smallest absolute Gasteiger partial charge is 0.257 e. The van der Waals surface area contributed by atoms with E-state index >= 15 is 0 Å². The number of carbonyl (C=O) groups is 1. The number of rotatable bonds is 4. The van der Waals surface area contributed by atoms with Crippen molar-refractivity contribution in [1.82, 2.24) is 4.98 Å². The van der Waals surface area contributed by atoms with Crippen LogP contribution in [-0.2, 0) is 0 Å². The fourth-order valence-electron chi connectivity index (χ4n) is 5.04.